The fraction of sp³-hybridized carbons (Fsp3) is 0.474. The van der Waals surface area contributed by atoms with E-state index in [1.54, 1.807) is 4.79 Å². The zero-order valence-corrected chi connectivity index (χ0v) is 13.9. The van der Waals surface area contributed by atoms with Crippen LogP contribution in [0.15, 0.2) is 36.5 Å². The van der Waals surface area contributed by atoms with E-state index in [9.17, 15) is 4.79 Å². The van der Waals surface area contributed by atoms with Crippen molar-refractivity contribution in [2.75, 3.05) is 12.0 Å². The van der Waals surface area contributed by atoms with Gasteiger partial charge in [-0.2, -0.15) is 9.89 Å². The van der Waals surface area contributed by atoms with Crippen LogP contribution in [-0.2, 0) is 24.3 Å². The Bertz CT molecular complexity index is 703. The maximum atomic E-state index is 12.3. The standard InChI is InChI=1S/C19H24N4O/c24-19(16-8-4-5-9-16)21-23-18-14-22(13-17(18)12-20-23)11-10-15-6-2-1-3-7-15/h1-3,6-7,12,16H,4-5,8-11,13-14H2,(H,21,24). The van der Waals surface area contributed by atoms with E-state index in [2.05, 4.69) is 45.8 Å². The van der Waals surface area contributed by atoms with Gasteiger partial charge >= 0.3 is 0 Å². The SMILES string of the molecule is O=C(Nn1ncc2c1CN(CCc1ccccc1)C2)C1CCCC1. The van der Waals surface area contributed by atoms with Crippen molar-refractivity contribution in [2.45, 2.75) is 45.2 Å². The summed E-state index contributed by atoms with van der Waals surface area (Å²) in [4.78, 5) is 16.4. The summed E-state index contributed by atoms with van der Waals surface area (Å²) in [6.45, 7) is 2.80. The second-order valence-corrected chi connectivity index (χ2v) is 6.93. The van der Waals surface area contributed by atoms with Crippen LogP contribution in [0.3, 0.4) is 0 Å². The molecule has 0 spiro atoms. The molecule has 5 heteroatoms. The number of carbonyl (C=O) groups is 1. The van der Waals surface area contributed by atoms with Gasteiger partial charge < -0.3 is 0 Å². The predicted molar refractivity (Wildman–Crippen MR) is 92.8 cm³/mol. The molecule has 0 unspecified atom stereocenters. The summed E-state index contributed by atoms with van der Waals surface area (Å²) in [5.41, 5.74) is 6.73. The van der Waals surface area contributed by atoms with E-state index in [1.165, 1.54) is 24.0 Å². The summed E-state index contributed by atoms with van der Waals surface area (Å²) in [6, 6.07) is 10.6. The van der Waals surface area contributed by atoms with Crippen LogP contribution >= 0.6 is 0 Å². The van der Waals surface area contributed by atoms with Gasteiger partial charge in [-0.3, -0.25) is 9.69 Å². The molecule has 0 saturated heterocycles. The number of rotatable bonds is 5. The largest absolute Gasteiger partial charge is 0.293 e. The third-order valence-corrected chi connectivity index (χ3v) is 5.22. The number of hydrogen-bond acceptors (Lipinski definition) is 3. The maximum Gasteiger partial charge on any atom is 0.243 e. The van der Waals surface area contributed by atoms with Crippen molar-refractivity contribution < 1.29 is 4.79 Å². The molecule has 1 saturated carbocycles. The molecule has 2 heterocycles. The topological polar surface area (TPSA) is 50.2 Å². The normalized spacial score (nSPS) is 18.0. The molecular formula is C19H24N4O. The highest BCUT2D eigenvalue weighted by Crippen LogP contribution is 2.26. The summed E-state index contributed by atoms with van der Waals surface area (Å²) in [5, 5.41) is 4.36. The quantitative estimate of drug-likeness (QED) is 0.920. The highest BCUT2D eigenvalue weighted by Gasteiger charge is 2.27. The maximum absolute atomic E-state index is 12.3. The number of amides is 1. The molecule has 1 N–H and O–H groups in total. The summed E-state index contributed by atoms with van der Waals surface area (Å²) in [6.07, 6.45) is 7.31. The van der Waals surface area contributed by atoms with Gasteiger partial charge in [0.05, 0.1) is 11.9 Å². The minimum atomic E-state index is 0.126. The molecule has 1 aromatic heterocycles. The van der Waals surface area contributed by atoms with E-state index in [0.717, 1.165) is 44.6 Å². The first kappa shape index (κ1) is 15.4. The number of hydrogen-bond donors (Lipinski definition) is 1. The van der Waals surface area contributed by atoms with Crippen LogP contribution in [0.5, 0.6) is 0 Å². The Hall–Kier alpha value is -2.14. The van der Waals surface area contributed by atoms with Crippen molar-refractivity contribution >= 4 is 5.91 Å². The van der Waals surface area contributed by atoms with Crippen LogP contribution < -0.4 is 5.43 Å². The van der Waals surface area contributed by atoms with E-state index in [-0.39, 0.29) is 11.8 Å². The first-order chi connectivity index (χ1) is 11.8. The van der Waals surface area contributed by atoms with Gasteiger partial charge in [0.15, 0.2) is 0 Å². The Labute approximate surface area is 142 Å². The van der Waals surface area contributed by atoms with Crippen molar-refractivity contribution in [2.24, 2.45) is 5.92 Å². The van der Waals surface area contributed by atoms with Crippen molar-refractivity contribution in [1.29, 1.82) is 0 Å². The Morgan fingerprint density at radius 3 is 2.75 bits per heavy atom. The van der Waals surface area contributed by atoms with E-state index in [1.807, 2.05) is 6.20 Å². The molecule has 1 amide bonds. The van der Waals surface area contributed by atoms with E-state index in [4.69, 9.17) is 0 Å². The number of nitrogens with one attached hydrogen (secondary N) is 1. The van der Waals surface area contributed by atoms with Crippen molar-refractivity contribution in [3.63, 3.8) is 0 Å². The molecule has 1 aliphatic carbocycles. The van der Waals surface area contributed by atoms with Gasteiger partial charge in [-0.05, 0) is 24.8 Å². The average molecular weight is 324 g/mol. The Morgan fingerprint density at radius 1 is 1.17 bits per heavy atom. The molecule has 126 valence electrons. The van der Waals surface area contributed by atoms with Gasteiger partial charge in [-0.15, -0.1) is 0 Å². The minimum absolute atomic E-state index is 0.126. The molecule has 1 aliphatic heterocycles. The van der Waals surface area contributed by atoms with Gasteiger partial charge in [-0.1, -0.05) is 43.2 Å². The van der Waals surface area contributed by atoms with Crippen molar-refractivity contribution in [3.05, 3.63) is 53.3 Å². The molecule has 24 heavy (non-hydrogen) atoms. The second kappa shape index (κ2) is 6.77. The zero-order chi connectivity index (χ0) is 16.4. The molecule has 4 rings (SSSR count). The second-order valence-electron chi connectivity index (χ2n) is 6.93. The lowest BCUT2D eigenvalue weighted by Crippen LogP contribution is -2.31. The first-order valence-corrected chi connectivity index (χ1v) is 8.92. The Morgan fingerprint density at radius 2 is 1.96 bits per heavy atom. The zero-order valence-electron chi connectivity index (χ0n) is 13.9. The summed E-state index contributed by atoms with van der Waals surface area (Å²) in [5.74, 6) is 0.293. The molecule has 0 radical (unpaired) electrons. The van der Waals surface area contributed by atoms with Crippen LogP contribution in [0.4, 0.5) is 0 Å². The van der Waals surface area contributed by atoms with Crippen LogP contribution in [-0.4, -0.2) is 27.2 Å². The Balaban J connectivity index is 1.35. The first-order valence-electron chi connectivity index (χ1n) is 8.92. The summed E-state index contributed by atoms with van der Waals surface area (Å²) < 4.78 is 0. The van der Waals surface area contributed by atoms with Crippen LogP contribution in [0.1, 0.15) is 42.5 Å². The van der Waals surface area contributed by atoms with E-state index in [0.29, 0.717) is 0 Å². The fourth-order valence-corrected chi connectivity index (χ4v) is 3.79. The molecule has 0 bridgehead atoms. The number of benzene rings is 1. The lowest BCUT2D eigenvalue weighted by Gasteiger charge is -2.16. The highest BCUT2D eigenvalue weighted by molar-refractivity contribution is 5.86. The number of nitrogens with zero attached hydrogens (tertiary/aromatic N) is 3. The molecule has 1 fully saturated rings. The third kappa shape index (κ3) is 3.22. The fourth-order valence-electron chi connectivity index (χ4n) is 3.79. The predicted octanol–water partition coefficient (Wildman–Crippen LogP) is 2.70. The monoisotopic (exact) mass is 324 g/mol. The number of aromatic nitrogens is 2. The van der Waals surface area contributed by atoms with Crippen LogP contribution in [0, 0.1) is 5.92 Å². The van der Waals surface area contributed by atoms with Gasteiger partial charge in [0.2, 0.25) is 5.91 Å². The van der Waals surface area contributed by atoms with Gasteiger partial charge in [-0.25, -0.2) is 5.43 Å². The molecule has 1 aromatic carbocycles. The molecule has 5 nitrogen and oxygen atoms in total. The molecule has 2 aliphatic rings. The number of carbonyl (C=O) groups excluding carboxylic acids is 1. The summed E-state index contributed by atoms with van der Waals surface area (Å²) >= 11 is 0. The third-order valence-electron chi connectivity index (χ3n) is 5.22. The summed E-state index contributed by atoms with van der Waals surface area (Å²) in [7, 11) is 0. The van der Waals surface area contributed by atoms with Gasteiger partial charge in [0.25, 0.3) is 0 Å². The minimum Gasteiger partial charge on any atom is -0.293 e. The van der Waals surface area contributed by atoms with Gasteiger partial charge in [0, 0.05) is 31.1 Å². The van der Waals surface area contributed by atoms with E-state index < -0.39 is 0 Å². The van der Waals surface area contributed by atoms with E-state index >= 15 is 0 Å². The highest BCUT2D eigenvalue weighted by atomic mass is 16.2. The van der Waals surface area contributed by atoms with Crippen LogP contribution in [0.2, 0.25) is 0 Å². The average Bonchev–Trinajstić information content (AvgIpc) is 3.32. The lowest BCUT2D eigenvalue weighted by molar-refractivity contribution is -0.120. The smallest absolute Gasteiger partial charge is 0.243 e. The molecular weight excluding hydrogens is 300 g/mol. The van der Waals surface area contributed by atoms with Gasteiger partial charge in [0.1, 0.15) is 0 Å². The number of fused-ring (bicyclic) bond motifs is 1. The molecule has 2 aromatic rings. The van der Waals surface area contributed by atoms with Crippen LogP contribution in [0.25, 0.3) is 0 Å². The molecule has 0 atom stereocenters. The van der Waals surface area contributed by atoms with Crippen molar-refractivity contribution in [3.8, 4) is 0 Å². The lowest BCUT2D eigenvalue weighted by atomic mass is 10.1. The Kier molecular flexibility index (Phi) is 4.34. The van der Waals surface area contributed by atoms with Crippen molar-refractivity contribution in [1.82, 2.24) is 14.8 Å².